The van der Waals surface area contributed by atoms with Gasteiger partial charge >= 0.3 is 0 Å². The summed E-state index contributed by atoms with van der Waals surface area (Å²) >= 11 is 0. The smallest absolute Gasteiger partial charge is 0.255 e. The minimum absolute atomic E-state index is 0.0925. The van der Waals surface area contributed by atoms with E-state index in [1.165, 1.54) is 23.8 Å². The van der Waals surface area contributed by atoms with Crippen molar-refractivity contribution in [2.24, 2.45) is 0 Å². The van der Waals surface area contributed by atoms with Crippen molar-refractivity contribution in [3.8, 4) is 0 Å². The molecule has 1 N–H and O–H groups in total. The molecule has 0 atom stereocenters. The van der Waals surface area contributed by atoms with E-state index >= 15 is 0 Å². The maximum absolute atomic E-state index is 13.7. The molecule has 0 unspecified atom stereocenters. The number of hydrogen-bond acceptors (Lipinski definition) is 3. The molecule has 2 aromatic rings. The average Bonchev–Trinajstić information content (AvgIpc) is 2.68. The topological polar surface area (TPSA) is 52.7 Å². The molecule has 2 aromatic carbocycles. The molecule has 2 aliphatic rings. The summed E-state index contributed by atoms with van der Waals surface area (Å²) in [5.74, 6) is -0.455. The third kappa shape index (κ3) is 3.23. The van der Waals surface area contributed by atoms with Gasteiger partial charge in [-0.1, -0.05) is 29.8 Å². The Kier molecular flexibility index (Phi) is 4.57. The number of nitrogens with zero attached hydrogens (tertiary/aromatic N) is 2. The molecule has 28 heavy (non-hydrogen) atoms. The van der Waals surface area contributed by atoms with Crippen LogP contribution in [0.15, 0.2) is 42.5 Å². The number of carbonyl (C=O) groups excluding carboxylic acids is 2. The Morgan fingerprint density at radius 3 is 2.50 bits per heavy atom. The molecule has 0 aliphatic carbocycles. The Morgan fingerprint density at radius 2 is 1.82 bits per heavy atom. The Labute approximate surface area is 164 Å². The van der Waals surface area contributed by atoms with Gasteiger partial charge in [0.2, 0.25) is 5.91 Å². The fraction of sp³-hybridized carbons (Fsp3) is 0.364. The third-order valence-corrected chi connectivity index (χ3v) is 5.97. The van der Waals surface area contributed by atoms with Gasteiger partial charge in [0, 0.05) is 33.0 Å². The number of anilines is 1. The summed E-state index contributed by atoms with van der Waals surface area (Å²) in [6, 6.07) is 12.2. The second kappa shape index (κ2) is 6.93. The van der Waals surface area contributed by atoms with Gasteiger partial charge in [-0.25, -0.2) is 4.39 Å². The lowest BCUT2D eigenvalue weighted by molar-refractivity contribution is -0.132. The number of nitrogens with one attached hydrogen (secondary N) is 1. The first-order chi connectivity index (χ1) is 13.4. The maximum atomic E-state index is 13.7. The van der Waals surface area contributed by atoms with Crippen molar-refractivity contribution < 1.29 is 14.0 Å². The van der Waals surface area contributed by atoms with Crippen molar-refractivity contribution in [3.05, 3.63) is 65.0 Å². The molecule has 2 amide bonds. The van der Waals surface area contributed by atoms with Crippen LogP contribution in [0.4, 0.5) is 10.1 Å². The van der Waals surface area contributed by atoms with E-state index in [4.69, 9.17) is 0 Å². The second-order valence-electron chi connectivity index (χ2n) is 7.75. The predicted octanol–water partition coefficient (Wildman–Crippen LogP) is 2.88. The van der Waals surface area contributed by atoms with Gasteiger partial charge in [-0.15, -0.1) is 0 Å². The first-order valence-electron chi connectivity index (χ1n) is 9.57. The molecule has 0 radical (unpaired) electrons. The number of amides is 2. The van der Waals surface area contributed by atoms with E-state index in [1.807, 2.05) is 48.0 Å². The van der Waals surface area contributed by atoms with E-state index in [-0.39, 0.29) is 17.6 Å². The monoisotopic (exact) mass is 381 g/mol. The van der Waals surface area contributed by atoms with Crippen LogP contribution in [0.25, 0.3) is 0 Å². The molecule has 2 aliphatic heterocycles. The summed E-state index contributed by atoms with van der Waals surface area (Å²) in [7, 11) is 1.88. The number of benzene rings is 2. The predicted molar refractivity (Wildman–Crippen MR) is 106 cm³/mol. The van der Waals surface area contributed by atoms with Gasteiger partial charge in [0.1, 0.15) is 11.5 Å². The maximum Gasteiger partial charge on any atom is 0.255 e. The Hall–Kier alpha value is -2.89. The lowest BCUT2D eigenvalue weighted by atomic mass is 9.90. The molecule has 2 heterocycles. The SMILES string of the molecule is Cc1ccc(CC(=O)N2CCC3(CC2)NC(=O)c2ccc(F)cc2N3C)cc1. The van der Waals surface area contributed by atoms with Gasteiger partial charge in [0.15, 0.2) is 0 Å². The molecule has 1 spiro atoms. The lowest BCUT2D eigenvalue weighted by Crippen LogP contribution is -2.67. The first kappa shape index (κ1) is 18.5. The molecule has 0 bridgehead atoms. The lowest BCUT2D eigenvalue weighted by Gasteiger charge is -2.51. The summed E-state index contributed by atoms with van der Waals surface area (Å²) < 4.78 is 13.7. The molecule has 4 rings (SSSR count). The minimum atomic E-state index is -0.585. The van der Waals surface area contributed by atoms with Gasteiger partial charge in [-0.05, 0) is 30.7 Å². The van der Waals surface area contributed by atoms with Crippen LogP contribution in [0.3, 0.4) is 0 Å². The van der Waals surface area contributed by atoms with E-state index in [0.29, 0.717) is 43.6 Å². The summed E-state index contributed by atoms with van der Waals surface area (Å²) in [6.07, 6.45) is 1.58. The van der Waals surface area contributed by atoms with Crippen LogP contribution in [0, 0.1) is 12.7 Å². The summed E-state index contributed by atoms with van der Waals surface area (Å²) in [5, 5.41) is 3.10. The molecule has 0 saturated carbocycles. The van der Waals surface area contributed by atoms with Crippen molar-refractivity contribution in [2.75, 3.05) is 25.0 Å². The molecule has 1 fully saturated rings. The van der Waals surface area contributed by atoms with Crippen LogP contribution >= 0.6 is 0 Å². The van der Waals surface area contributed by atoms with Crippen LogP contribution in [-0.4, -0.2) is 42.5 Å². The molecule has 6 heteroatoms. The molecular formula is C22H24FN3O2. The van der Waals surface area contributed by atoms with Crippen LogP contribution < -0.4 is 10.2 Å². The largest absolute Gasteiger partial charge is 0.351 e. The van der Waals surface area contributed by atoms with Crippen molar-refractivity contribution in [2.45, 2.75) is 31.8 Å². The van der Waals surface area contributed by atoms with Crippen LogP contribution in [0.1, 0.15) is 34.3 Å². The zero-order valence-corrected chi connectivity index (χ0v) is 16.2. The summed E-state index contributed by atoms with van der Waals surface area (Å²) in [6.45, 7) is 3.13. The first-order valence-corrected chi connectivity index (χ1v) is 9.57. The molecule has 146 valence electrons. The molecule has 1 saturated heterocycles. The van der Waals surface area contributed by atoms with Crippen LogP contribution in [-0.2, 0) is 11.2 Å². The standard InChI is InChI=1S/C22H24FN3O2/c1-15-3-5-16(6-4-15)13-20(27)26-11-9-22(10-12-26)24-21(28)18-8-7-17(23)14-19(18)25(22)2/h3-8,14H,9-13H2,1-2H3,(H,24,28). The highest BCUT2D eigenvalue weighted by atomic mass is 19.1. The highest BCUT2D eigenvalue weighted by Crippen LogP contribution is 2.36. The fourth-order valence-electron chi connectivity index (χ4n) is 4.15. The average molecular weight is 381 g/mol. The minimum Gasteiger partial charge on any atom is -0.351 e. The zero-order chi connectivity index (χ0) is 19.9. The van der Waals surface area contributed by atoms with Crippen molar-refractivity contribution in [1.29, 1.82) is 0 Å². The fourth-order valence-corrected chi connectivity index (χ4v) is 4.15. The second-order valence-corrected chi connectivity index (χ2v) is 7.75. The van der Waals surface area contributed by atoms with E-state index in [1.54, 1.807) is 0 Å². The molecule has 5 nitrogen and oxygen atoms in total. The molecular weight excluding hydrogens is 357 g/mol. The van der Waals surface area contributed by atoms with Gasteiger partial charge < -0.3 is 15.1 Å². The number of likely N-dealkylation sites (tertiary alicyclic amines) is 1. The van der Waals surface area contributed by atoms with E-state index < -0.39 is 5.66 Å². The molecule has 0 aromatic heterocycles. The van der Waals surface area contributed by atoms with Crippen molar-refractivity contribution in [3.63, 3.8) is 0 Å². The van der Waals surface area contributed by atoms with Gasteiger partial charge in [0.25, 0.3) is 5.91 Å². The number of halogens is 1. The van der Waals surface area contributed by atoms with Gasteiger partial charge in [0.05, 0.1) is 17.7 Å². The Bertz CT molecular complexity index is 918. The quantitative estimate of drug-likeness (QED) is 0.870. The zero-order valence-electron chi connectivity index (χ0n) is 16.2. The highest BCUT2D eigenvalue weighted by Gasteiger charge is 2.44. The third-order valence-electron chi connectivity index (χ3n) is 5.97. The van der Waals surface area contributed by atoms with E-state index in [9.17, 15) is 14.0 Å². The van der Waals surface area contributed by atoms with Crippen LogP contribution in [0.5, 0.6) is 0 Å². The van der Waals surface area contributed by atoms with Crippen molar-refractivity contribution in [1.82, 2.24) is 10.2 Å². The Morgan fingerprint density at radius 1 is 1.14 bits per heavy atom. The Balaban J connectivity index is 1.46. The summed E-state index contributed by atoms with van der Waals surface area (Å²) in [4.78, 5) is 29.1. The normalized spacial score (nSPS) is 18.0. The number of piperidine rings is 1. The van der Waals surface area contributed by atoms with Gasteiger partial charge in [-0.3, -0.25) is 9.59 Å². The highest BCUT2D eigenvalue weighted by molar-refractivity contribution is 6.02. The van der Waals surface area contributed by atoms with Gasteiger partial charge in [-0.2, -0.15) is 0 Å². The number of hydrogen-bond donors (Lipinski definition) is 1. The number of fused-ring (bicyclic) bond motifs is 1. The van der Waals surface area contributed by atoms with E-state index in [0.717, 1.165) is 5.56 Å². The number of carbonyl (C=O) groups is 2. The number of aryl methyl sites for hydroxylation is 1. The van der Waals surface area contributed by atoms with Crippen molar-refractivity contribution >= 4 is 17.5 Å². The summed E-state index contributed by atoms with van der Waals surface area (Å²) in [5.41, 5.74) is 2.67. The number of rotatable bonds is 2. The van der Waals surface area contributed by atoms with Crippen LogP contribution in [0.2, 0.25) is 0 Å². The van der Waals surface area contributed by atoms with E-state index in [2.05, 4.69) is 5.32 Å².